The van der Waals surface area contributed by atoms with Crippen molar-refractivity contribution in [3.63, 3.8) is 0 Å². The standard InChI is InChI=1S/C13H15NO.H2/c15-12-8-11-9-14-7-6-13(11,12)10-4-2-1-3-5-10;/h1-5,11,14H,6-9H2;1H. The number of piperidine rings is 1. The molecular weight excluding hydrogens is 186 g/mol. The van der Waals surface area contributed by atoms with Gasteiger partial charge in [0.05, 0.1) is 5.41 Å². The second kappa shape index (κ2) is 3.17. The summed E-state index contributed by atoms with van der Waals surface area (Å²) < 4.78 is 0. The van der Waals surface area contributed by atoms with Gasteiger partial charge in [0.1, 0.15) is 5.78 Å². The zero-order chi connectivity index (χ0) is 10.3. The lowest BCUT2D eigenvalue weighted by Gasteiger charge is -2.51. The Morgan fingerprint density at radius 1 is 1.33 bits per heavy atom. The first kappa shape index (κ1) is 9.10. The highest BCUT2D eigenvalue weighted by molar-refractivity contribution is 5.97. The molecule has 3 rings (SSSR count). The number of fused-ring (bicyclic) bond motifs is 1. The predicted molar refractivity (Wildman–Crippen MR) is 60.8 cm³/mol. The fraction of sp³-hybridized carbons (Fsp3) is 0.462. The Kier molecular flexibility index (Phi) is 1.93. The minimum atomic E-state index is -0.132. The van der Waals surface area contributed by atoms with Gasteiger partial charge in [0.15, 0.2) is 0 Å². The molecule has 0 aromatic heterocycles. The number of carbonyl (C=O) groups excluding carboxylic acids is 1. The number of benzene rings is 1. The van der Waals surface area contributed by atoms with Crippen LogP contribution in [0.2, 0.25) is 0 Å². The molecule has 1 aromatic carbocycles. The van der Waals surface area contributed by atoms with Crippen molar-refractivity contribution in [2.24, 2.45) is 5.92 Å². The van der Waals surface area contributed by atoms with Gasteiger partial charge in [0, 0.05) is 7.85 Å². The van der Waals surface area contributed by atoms with Crippen LogP contribution in [0.4, 0.5) is 0 Å². The van der Waals surface area contributed by atoms with Gasteiger partial charge in [0.2, 0.25) is 0 Å². The van der Waals surface area contributed by atoms with Crippen molar-refractivity contribution in [2.45, 2.75) is 18.3 Å². The van der Waals surface area contributed by atoms with Crippen LogP contribution < -0.4 is 5.32 Å². The highest BCUT2D eigenvalue weighted by Crippen LogP contribution is 2.49. The average molecular weight is 203 g/mol. The largest absolute Gasteiger partial charge is 0.316 e. The molecule has 0 amide bonds. The molecule has 2 unspecified atom stereocenters. The minimum Gasteiger partial charge on any atom is -0.316 e. The van der Waals surface area contributed by atoms with E-state index in [-0.39, 0.29) is 6.84 Å². The van der Waals surface area contributed by atoms with Crippen molar-refractivity contribution in [1.82, 2.24) is 5.32 Å². The van der Waals surface area contributed by atoms with Gasteiger partial charge in [0.25, 0.3) is 0 Å². The van der Waals surface area contributed by atoms with Crippen LogP contribution in [0.5, 0.6) is 0 Å². The normalized spacial score (nSPS) is 34.4. The Bertz CT molecular complexity index is 392. The summed E-state index contributed by atoms with van der Waals surface area (Å²) in [5, 5.41) is 3.38. The zero-order valence-corrected chi connectivity index (χ0v) is 8.70. The molecule has 1 aromatic rings. The molecule has 0 radical (unpaired) electrons. The third-order valence-electron chi connectivity index (χ3n) is 4.00. The Balaban J connectivity index is 0.000000963. The minimum absolute atomic E-state index is 0. The average Bonchev–Trinajstić information content (AvgIpc) is 2.29. The van der Waals surface area contributed by atoms with Crippen LogP contribution in [0.1, 0.15) is 19.8 Å². The molecule has 2 fully saturated rings. The molecule has 0 spiro atoms. The molecule has 1 aliphatic heterocycles. The summed E-state index contributed by atoms with van der Waals surface area (Å²) >= 11 is 0. The highest BCUT2D eigenvalue weighted by Gasteiger charge is 2.56. The first-order valence-electron chi connectivity index (χ1n) is 5.63. The zero-order valence-electron chi connectivity index (χ0n) is 8.70. The second-order valence-corrected chi connectivity index (χ2v) is 4.62. The summed E-state index contributed by atoms with van der Waals surface area (Å²) in [6.45, 7) is 1.97. The maximum absolute atomic E-state index is 12.0. The van der Waals surface area contributed by atoms with Gasteiger partial charge >= 0.3 is 0 Å². The summed E-state index contributed by atoms with van der Waals surface area (Å²) in [7, 11) is 0. The Morgan fingerprint density at radius 3 is 2.80 bits per heavy atom. The molecule has 1 N–H and O–H groups in total. The Morgan fingerprint density at radius 2 is 2.13 bits per heavy atom. The maximum Gasteiger partial charge on any atom is 0.144 e. The van der Waals surface area contributed by atoms with E-state index < -0.39 is 0 Å². The number of hydrogen-bond acceptors (Lipinski definition) is 2. The lowest BCUT2D eigenvalue weighted by molar-refractivity contribution is -0.139. The quantitative estimate of drug-likeness (QED) is 0.753. The number of hydrogen-bond donors (Lipinski definition) is 1. The van der Waals surface area contributed by atoms with Crippen molar-refractivity contribution in [3.05, 3.63) is 35.9 Å². The van der Waals surface area contributed by atoms with Crippen LogP contribution >= 0.6 is 0 Å². The van der Waals surface area contributed by atoms with Crippen molar-refractivity contribution >= 4 is 5.78 Å². The van der Waals surface area contributed by atoms with E-state index in [1.54, 1.807) is 0 Å². The molecule has 1 saturated carbocycles. The van der Waals surface area contributed by atoms with E-state index in [1.165, 1.54) is 5.56 Å². The van der Waals surface area contributed by atoms with E-state index in [2.05, 4.69) is 17.4 Å². The van der Waals surface area contributed by atoms with Gasteiger partial charge in [-0.1, -0.05) is 30.3 Å². The number of Topliss-reactive ketones (excluding diaryl/α,β-unsaturated/α-hetero) is 1. The molecule has 2 atom stereocenters. The summed E-state index contributed by atoms with van der Waals surface area (Å²) in [4.78, 5) is 12.0. The molecule has 15 heavy (non-hydrogen) atoms. The lowest BCUT2D eigenvalue weighted by Crippen LogP contribution is -2.61. The van der Waals surface area contributed by atoms with Gasteiger partial charge in [-0.05, 0) is 31.0 Å². The molecule has 1 saturated heterocycles. The van der Waals surface area contributed by atoms with E-state index in [1.807, 2.05) is 18.2 Å². The fourth-order valence-corrected chi connectivity index (χ4v) is 3.11. The molecule has 1 heterocycles. The summed E-state index contributed by atoms with van der Waals surface area (Å²) in [6, 6.07) is 10.3. The SMILES string of the molecule is O=C1CC2CNCCC12c1ccccc1.[HH]. The summed E-state index contributed by atoms with van der Waals surface area (Å²) in [5.41, 5.74) is 1.10. The van der Waals surface area contributed by atoms with Gasteiger partial charge in [-0.25, -0.2) is 0 Å². The highest BCUT2D eigenvalue weighted by atomic mass is 16.1. The Labute approximate surface area is 91.2 Å². The maximum atomic E-state index is 12.0. The number of nitrogens with one attached hydrogen (secondary N) is 1. The van der Waals surface area contributed by atoms with Crippen molar-refractivity contribution in [1.29, 1.82) is 0 Å². The molecule has 2 nitrogen and oxygen atoms in total. The fourth-order valence-electron chi connectivity index (χ4n) is 3.11. The number of ketones is 1. The van der Waals surface area contributed by atoms with Crippen LogP contribution in [0.25, 0.3) is 0 Å². The van der Waals surface area contributed by atoms with Crippen LogP contribution in [0.15, 0.2) is 30.3 Å². The summed E-state index contributed by atoms with van der Waals surface area (Å²) in [6.07, 6.45) is 1.74. The molecule has 0 bridgehead atoms. The molecule has 2 aliphatic rings. The number of rotatable bonds is 1. The first-order valence-corrected chi connectivity index (χ1v) is 5.63. The van der Waals surface area contributed by atoms with Crippen molar-refractivity contribution in [2.75, 3.05) is 13.1 Å². The van der Waals surface area contributed by atoms with Crippen LogP contribution in [-0.4, -0.2) is 18.9 Å². The van der Waals surface area contributed by atoms with E-state index >= 15 is 0 Å². The van der Waals surface area contributed by atoms with E-state index in [0.29, 0.717) is 11.7 Å². The van der Waals surface area contributed by atoms with E-state index in [4.69, 9.17) is 0 Å². The van der Waals surface area contributed by atoms with Crippen molar-refractivity contribution in [3.8, 4) is 0 Å². The molecule has 1 aliphatic carbocycles. The summed E-state index contributed by atoms with van der Waals surface area (Å²) in [5.74, 6) is 0.973. The smallest absolute Gasteiger partial charge is 0.144 e. The van der Waals surface area contributed by atoms with Gasteiger partial charge in [-0.15, -0.1) is 0 Å². The molecule has 2 heteroatoms. The monoisotopic (exact) mass is 203 g/mol. The first-order chi connectivity index (χ1) is 7.34. The van der Waals surface area contributed by atoms with Gasteiger partial charge in [-0.2, -0.15) is 0 Å². The Hall–Kier alpha value is -1.15. The van der Waals surface area contributed by atoms with Gasteiger partial charge < -0.3 is 5.32 Å². The van der Waals surface area contributed by atoms with Crippen molar-refractivity contribution < 1.29 is 6.22 Å². The molecule has 80 valence electrons. The van der Waals surface area contributed by atoms with Gasteiger partial charge in [-0.3, -0.25) is 4.79 Å². The molecular formula is C13H17NO. The predicted octanol–water partition coefficient (Wildman–Crippen LogP) is 1.75. The third kappa shape index (κ3) is 1.11. The van der Waals surface area contributed by atoms with E-state index in [9.17, 15) is 4.79 Å². The van der Waals surface area contributed by atoms with Crippen LogP contribution in [0.3, 0.4) is 0 Å². The topological polar surface area (TPSA) is 29.1 Å². The van der Waals surface area contributed by atoms with E-state index in [0.717, 1.165) is 25.9 Å². The third-order valence-corrected chi connectivity index (χ3v) is 4.00. The lowest BCUT2D eigenvalue weighted by atomic mass is 9.53. The van der Waals surface area contributed by atoms with Crippen LogP contribution in [0, 0.1) is 5.92 Å². The second-order valence-electron chi connectivity index (χ2n) is 4.62. The van der Waals surface area contributed by atoms with Crippen LogP contribution in [-0.2, 0) is 10.2 Å². The number of carbonyl (C=O) groups is 1.